The first-order valence-corrected chi connectivity index (χ1v) is 7.80. The lowest BCUT2D eigenvalue weighted by Gasteiger charge is -2.13. The van der Waals surface area contributed by atoms with Gasteiger partial charge >= 0.3 is 0 Å². The van der Waals surface area contributed by atoms with Crippen molar-refractivity contribution in [1.29, 1.82) is 0 Å². The van der Waals surface area contributed by atoms with Crippen molar-refractivity contribution in [2.75, 3.05) is 0 Å². The van der Waals surface area contributed by atoms with Crippen molar-refractivity contribution in [2.24, 2.45) is 0 Å². The summed E-state index contributed by atoms with van der Waals surface area (Å²) < 4.78 is 2.93. The summed E-state index contributed by atoms with van der Waals surface area (Å²) in [5.74, 6) is 1.78. The maximum atomic E-state index is 12.1. The van der Waals surface area contributed by atoms with E-state index < -0.39 is 0 Å². The highest BCUT2D eigenvalue weighted by molar-refractivity contribution is 9.10. The molecule has 0 saturated heterocycles. The number of fused-ring (bicyclic) bond motifs is 1. The molecule has 0 radical (unpaired) electrons. The molecule has 100 valence electrons. The standard InChI is InChI=1S/C12H13BrN4OS/c1-7(11-16-15-9-3-2-5-17(9)11)14-12(18)10-8(13)4-6-19-10/h4,6-7H,2-3,5H2,1H3,(H,14,18)/t7-/m1/s1. The van der Waals surface area contributed by atoms with Crippen LogP contribution in [0.15, 0.2) is 15.9 Å². The van der Waals surface area contributed by atoms with Crippen molar-refractivity contribution in [3.05, 3.63) is 32.4 Å². The van der Waals surface area contributed by atoms with Gasteiger partial charge in [0.25, 0.3) is 5.91 Å². The average Bonchev–Trinajstić information content (AvgIpc) is 3.02. The van der Waals surface area contributed by atoms with Gasteiger partial charge in [-0.3, -0.25) is 4.79 Å². The quantitative estimate of drug-likeness (QED) is 0.933. The number of carbonyl (C=O) groups excluding carboxylic acids is 1. The van der Waals surface area contributed by atoms with Gasteiger partial charge in [-0.05, 0) is 40.7 Å². The van der Waals surface area contributed by atoms with Gasteiger partial charge in [0.05, 0.1) is 6.04 Å². The van der Waals surface area contributed by atoms with Crippen LogP contribution in [-0.2, 0) is 13.0 Å². The van der Waals surface area contributed by atoms with Gasteiger partial charge in [0, 0.05) is 17.4 Å². The summed E-state index contributed by atoms with van der Waals surface area (Å²) in [5, 5.41) is 13.2. The molecular formula is C12H13BrN4OS. The highest BCUT2D eigenvalue weighted by Gasteiger charge is 2.23. The van der Waals surface area contributed by atoms with Gasteiger partial charge in [0.15, 0.2) is 5.82 Å². The van der Waals surface area contributed by atoms with E-state index in [0.717, 1.165) is 35.5 Å². The van der Waals surface area contributed by atoms with Crippen LogP contribution in [0.5, 0.6) is 0 Å². The monoisotopic (exact) mass is 340 g/mol. The van der Waals surface area contributed by atoms with Gasteiger partial charge in [-0.25, -0.2) is 0 Å². The molecule has 0 aliphatic carbocycles. The number of aryl methyl sites for hydroxylation is 1. The Morgan fingerprint density at radius 3 is 3.16 bits per heavy atom. The number of hydrogen-bond donors (Lipinski definition) is 1. The summed E-state index contributed by atoms with van der Waals surface area (Å²) in [6, 6.07) is 1.74. The molecule has 0 spiro atoms. The first-order chi connectivity index (χ1) is 9.16. The zero-order valence-corrected chi connectivity index (χ0v) is 12.8. The van der Waals surface area contributed by atoms with Crippen molar-refractivity contribution in [2.45, 2.75) is 32.4 Å². The number of aromatic nitrogens is 3. The number of halogens is 1. The fourth-order valence-corrected chi connectivity index (χ4v) is 3.73. The predicted molar refractivity (Wildman–Crippen MR) is 76.2 cm³/mol. The Balaban J connectivity index is 1.76. The second kappa shape index (κ2) is 5.05. The third-order valence-corrected chi connectivity index (χ3v) is 5.03. The Bertz CT molecular complexity index is 621. The first kappa shape index (κ1) is 12.8. The number of hydrogen-bond acceptors (Lipinski definition) is 4. The molecule has 1 aliphatic heterocycles. The molecule has 0 saturated carbocycles. The van der Waals surface area contributed by atoms with E-state index in [1.54, 1.807) is 0 Å². The number of amides is 1. The molecule has 7 heteroatoms. The molecule has 2 aromatic rings. The highest BCUT2D eigenvalue weighted by atomic mass is 79.9. The van der Waals surface area contributed by atoms with Crippen molar-refractivity contribution < 1.29 is 4.79 Å². The summed E-state index contributed by atoms with van der Waals surface area (Å²) in [5.41, 5.74) is 0. The van der Waals surface area contributed by atoms with Crippen LogP contribution in [0, 0.1) is 0 Å². The summed E-state index contributed by atoms with van der Waals surface area (Å²) >= 11 is 4.79. The van der Waals surface area contributed by atoms with Crippen LogP contribution < -0.4 is 5.32 Å². The summed E-state index contributed by atoms with van der Waals surface area (Å²) in [6.45, 7) is 2.88. The van der Waals surface area contributed by atoms with Gasteiger partial charge in [-0.1, -0.05) is 0 Å². The lowest BCUT2D eigenvalue weighted by molar-refractivity contribution is 0.0941. The molecule has 3 rings (SSSR count). The van der Waals surface area contributed by atoms with Gasteiger partial charge in [0.1, 0.15) is 10.7 Å². The zero-order valence-electron chi connectivity index (χ0n) is 10.4. The van der Waals surface area contributed by atoms with Gasteiger partial charge in [-0.15, -0.1) is 21.5 Å². The number of thiophene rings is 1. The maximum absolute atomic E-state index is 12.1. The molecule has 5 nitrogen and oxygen atoms in total. The minimum Gasteiger partial charge on any atom is -0.342 e. The zero-order chi connectivity index (χ0) is 13.4. The van der Waals surface area contributed by atoms with Gasteiger partial charge in [-0.2, -0.15) is 0 Å². The largest absolute Gasteiger partial charge is 0.342 e. The topological polar surface area (TPSA) is 59.8 Å². The molecule has 19 heavy (non-hydrogen) atoms. The number of carbonyl (C=O) groups is 1. The molecule has 2 aromatic heterocycles. The second-order valence-corrected chi connectivity index (χ2v) is 6.29. The number of nitrogens with one attached hydrogen (secondary N) is 1. The molecule has 1 amide bonds. The third-order valence-electron chi connectivity index (χ3n) is 3.20. The minimum atomic E-state index is -0.138. The normalized spacial score (nSPS) is 15.3. The molecule has 1 atom stereocenters. The number of rotatable bonds is 3. The second-order valence-electron chi connectivity index (χ2n) is 4.52. The van der Waals surface area contributed by atoms with E-state index in [2.05, 4.69) is 36.0 Å². The van der Waals surface area contributed by atoms with Gasteiger partial charge < -0.3 is 9.88 Å². The lowest BCUT2D eigenvalue weighted by atomic mass is 10.3. The van der Waals surface area contributed by atoms with E-state index in [9.17, 15) is 4.79 Å². The summed E-state index contributed by atoms with van der Waals surface area (Å²) in [7, 11) is 0. The first-order valence-electron chi connectivity index (χ1n) is 6.12. The lowest BCUT2D eigenvalue weighted by Crippen LogP contribution is -2.28. The molecule has 1 aliphatic rings. The molecule has 0 fully saturated rings. The van der Waals surface area contributed by atoms with Crippen molar-refractivity contribution >= 4 is 33.2 Å². The smallest absolute Gasteiger partial charge is 0.263 e. The molecule has 3 heterocycles. The van der Waals surface area contributed by atoms with E-state index in [1.165, 1.54) is 11.3 Å². The Kier molecular flexibility index (Phi) is 3.40. The van der Waals surface area contributed by atoms with Gasteiger partial charge in [0.2, 0.25) is 0 Å². The van der Waals surface area contributed by atoms with E-state index in [-0.39, 0.29) is 11.9 Å². The summed E-state index contributed by atoms with van der Waals surface area (Å²) in [6.07, 6.45) is 2.08. The van der Waals surface area contributed by atoms with Crippen LogP contribution in [-0.4, -0.2) is 20.7 Å². The Morgan fingerprint density at radius 1 is 1.58 bits per heavy atom. The third kappa shape index (κ3) is 2.32. The molecule has 0 bridgehead atoms. The van der Waals surface area contributed by atoms with E-state index >= 15 is 0 Å². The molecule has 0 aromatic carbocycles. The molecule has 0 unspecified atom stereocenters. The van der Waals surface area contributed by atoms with Crippen molar-refractivity contribution in [1.82, 2.24) is 20.1 Å². The average molecular weight is 341 g/mol. The molecular weight excluding hydrogens is 328 g/mol. The molecule has 1 N–H and O–H groups in total. The van der Waals surface area contributed by atoms with E-state index in [1.807, 2.05) is 18.4 Å². The maximum Gasteiger partial charge on any atom is 0.263 e. The van der Waals surface area contributed by atoms with Crippen LogP contribution >= 0.6 is 27.3 Å². The van der Waals surface area contributed by atoms with E-state index in [0.29, 0.717) is 4.88 Å². The SMILES string of the molecule is C[C@@H](NC(=O)c1sccc1Br)c1nnc2n1CCC2. The Labute approximate surface area is 123 Å². The van der Waals surface area contributed by atoms with Crippen molar-refractivity contribution in [3.63, 3.8) is 0 Å². The Hall–Kier alpha value is -1.21. The van der Waals surface area contributed by atoms with E-state index in [4.69, 9.17) is 0 Å². The Morgan fingerprint density at radius 2 is 2.42 bits per heavy atom. The fourth-order valence-electron chi connectivity index (χ4n) is 2.28. The van der Waals surface area contributed by atoms with Crippen molar-refractivity contribution in [3.8, 4) is 0 Å². The number of nitrogens with zero attached hydrogens (tertiary/aromatic N) is 3. The summed E-state index contributed by atoms with van der Waals surface area (Å²) in [4.78, 5) is 12.8. The fraction of sp³-hybridized carbons (Fsp3) is 0.417. The van der Waals surface area contributed by atoms with Crippen LogP contribution in [0.1, 0.15) is 40.7 Å². The highest BCUT2D eigenvalue weighted by Crippen LogP contribution is 2.24. The predicted octanol–water partition coefficient (Wildman–Crippen LogP) is 2.54. The van der Waals surface area contributed by atoms with Crippen LogP contribution in [0.3, 0.4) is 0 Å². The van der Waals surface area contributed by atoms with Crippen LogP contribution in [0.2, 0.25) is 0 Å². The van der Waals surface area contributed by atoms with Crippen LogP contribution in [0.4, 0.5) is 0 Å². The minimum absolute atomic E-state index is 0.0790. The van der Waals surface area contributed by atoms with Crippen LogP contribution in [0.25, 0.3) is 0 Å².